The number of carbonyl (C=O) groups is 2. The number of fused-ring (bicyclic) bond motifs is 1. The summed E-state index contributed by atoms with van der Waals surface area (Å²) >= 11 is 0. The minimum Gasteiger partial charge on any atom is -0.464 e. The SMILES string of the molecule is COC(=O)c1nc2n(CCN3CCCCC3)ccn2c(=O)c1OC(C)=O. The van der Waals surface area contributed by atoms with Crippen molar-refractivity contribution in [3.8, 4) is 5.75 Å². The van der Waals surface area contributed by atoms with Crippen molar-refractivity contribution in [3.63, 3.8) is 0 Å². The van der Waals surface area contributed by atoms with Gasteiger partial charge in [-0.25, -0.2) is 14.2 Å². The Morgan fingerprint density at radius 2 is 1.88 bits per heavy atom. The number of methoxy groups -OCH3 is 1. The first-order valence-corrected chi connectivity index (χ1v) is 8.62. The van der Waals surface area contributed by atoms with Crippen molar-refractivity contribution in [1.29, 1.82) is 0 Å². The number of aromatic nitrogens is 3. The smallest absolute Gasteiger partial charge is 0.360 e. The minimum atomic E-state index is -0.829. The number of esters is 2. The molecule has 0 radical (unpaired) electrons. The summed E-state index contributed by atoms with van der Waals surface area (Å²) in [6.07, 6.45) is 6.94. The van der Waals surface area contributed by atoms with Crippen LogP contribution in [0.3, 0.4) is 0 Å². The zero-order valence-electron chi connectivity index (χ0n) is 14.9. The van der Waals surface area contributed by atoms with Crippen LogP contribution in [0.2, 0.25) is 0 Å². The highest BCUT2D eigenvalue weighted by Crippen LogP contribution is 2.15. The van der Waals surface area contributed by atoms with Gasteiger partial charge >= 0.3 is 17.5 Å². The Morgan fingerprint density at radius 1 is 1.15 bits per heavy atom. The Hall–Kier alpha value is -2.68. The van der Waals surface area contributed by atoms with Gasteiger partial charge in [0.05, 0.1) is 7.11 Å². The van der Waals surface area contributed by atoms with E-state index >= 15 is 0 Å². The quantitative estimate of drug-likeness (QED) is 0.722. The van der Waals surface area contributed by atoms with Gasteiger partial charge in [-0.05, 0) is 25.9 Å². The van der Waals surface area contributed by atoms with Crippen molar-refractivity contribution in [2.24, 2.45) is 0 Å². The van der Waals surface area contributed by atoms with E-state index in [0.717, 1.165) is 26.6 Å². The largest absolute Gasteiger partial charge is 0.464 e. The molecule has 1 saturated heterocycles. The van der Waals surface area contributed by atoms with Crippen LogP contribution in [0.25, 0.3) is 5.78 Å². The molecule has 1 fully saturated rings. The fourth-order valence-electron chi connectivity index (χ4n) is 3.13. The molecule has 0 N–H and O–H groups in total. The predicted octanol–water partition coefficient (Wildman–Crippen LogP) is 0.694. The molecular weight excluding hydrogens is 340 g/mol. The van der Waals surface area contributed by atoms with Crippen LogP contribution in [0.5, 0.6) is 5.75 Å². The monoisotopic (exact) mass is 362 g/mol. The van der Waals surface area contributed by atoms with Gasteiger partial charge in [0.15, 0.2) is 0 Å². The van der Waals surface area contributed by atoms with E-state index < -0.39 is 23.2 Å². The highest BCUT2D eigenvalue weighted by atomic mass is 16.5. The molecule has 9 nitrogen and oxygen atoms in total. The molecule has 9 heteroatoms. The van der Waals surface area contributed by atoms with Crippen molar-refractivity contribution in [2.75, 3.05) is 26.7 Å². The summed E-state index contributed by atoms with van der Waals surface area (Å²) < 4.78 is 12.7. The van der Waals surface area contributed by atoms with Gasteiger partial charge in [0.1, 0.15) is 0 Å². The van der Waals surface area contributed by atoms with Gasteiger partial charge in [0, 0.05) is 32.4 Å². The second-order valence-corrected chi connectivity index (χ2v) is 6.24. The number of likely N-dealkylation sites (tertiary alicyclic amines) is 1. The van der Waals surface area contributed by atoms with Crippen LogP contribution in [0.1, 0.15) is 36.7 Å². The fraction of sp³-hybridized carbons (Fsp3) is 0.529. The highest BCUT2D eigenvalue weighted by molar-refractivity contribution is 5.91. The maximum atomic E-state index is 12.6. The van der Waals surface area contributed by atoms with Gasteiger partial charge < -0.3 is 18.9 Å². The zero-order chi connectivity index (χ0) is 18.7. The second-order valence-electron chi connectivity index (χ2n) is 6.24. The van der Waals surface area contributed by atoms with E-state index in [1.54, 1.807) is 17.0 Å². The van der Waals surface area contributed by atoms with Crippen molar-refractivity contribution >= 4 is 17.7 Å². The van der Waals surface area contributed by atoms with Crippen LogP contribution in [-0.4, -0.2) is 57.5 Å². The number of hydrogen-bond donors (Lipinski definition) is 0. The number of imidazole rings is 1. The van der Waals surface area contributed by atoms with E-state index in [1.807, 2.05) is 0 Å². The standard InChI is InChI=1S/C17H22N4O5/c1-12(22)26-14-13(16(24)25-2)18-17-20(10-11-21(17)15(14)23)9-8-19-6-4-3-5-7-19/h10-11H,3-9H2,1-2H3. The molecule has 26 heavy (non-hydrogen) atoms. The Morgan fingerprint density at radius 3 is 2.54 bits per heavy atom. The lowest BCUT2D eigenvalue weighted by molar-refractivity contribution is -0.132. The number of piperidine rings is 1. The average Bonchev–Trinajstić information content (AvgIpc) is 3.05. The third-order valence-electron chi connectivity index (χ3n) is 4.44. The summed E-state index contributed by atoms with van der Waals surface area (Å²) in [5.41, 5.74) is -0.923. The lowest BCUT2D eigenvalue weighted by Crippen LogP contribution is -2.32. The molecule has 3 rings (SSSR count). The number of rotatable bonds is 5. The molecule has 0 saturated carbocycles. The third-order valence-corrected chi connectivity index (χ3v) is 4.44. The van der Waals surface area contributed by atoms with Crippen molar-refractivity contribution < 1.29 is 19.1 Å². The summed E-state index contributed by atoms with van der Waals surface area (Å²) in [5.74, 6) is -1.65. The van der Waals surface area contributed by atoms with Crippen LogP contribution in [0.4, 0.5) is 0 Å². The van der Waals surface area contributed by atoms with E-state index in [2.05, 4.69) is 14.6 Å². The molecule has 2 aromatic heterocycles. The molecule has 0 aliphatic carbocycles. The van der Waals surface area contributed by atoms with Crippen molar-refractivity contribution in [3.05, 3.63) is 28.4 Å². The first-order valence-electron chi connectivity index (χ1n) is 8.62. The van der Waals surface area contributed by atoms with Gasteiger partial charge in [0.2, 0.25) is 17.2 Å². The van der Waals surface area contributed by atoms with Crippen LogP contribution in [0, 0.1) is 0 Å². The average molecular weight is 362 g/mol. The van der Waals surface area contributed by atoms with E-state index in [0.29, 0.717) is 12.3 Å². The number of hydrogen-bond acceptors (Lipinski definition) is 7. The van der Waals surface area contributed by atoms with Gasteiger partial charge in [-0.3, -0.25) is 9.59 Å². The normalized spacial score (nSPS) is 15.2. The van der Waals surface area contributed by atoms with E-state index in [9.17, 15) is 14.4 Å². The summed E-state index contributed by atoms with van der Waals surface area (Å²) in [6, 6.07) is 0. The summed E-state index contributed by atoms with van der Waals surface area (Å²) in [7, 11) is 1.18. The number of carbonyl (C=O) groups excluding carboxylic acids is 2. The maximum Gasteiger partial charge on any atom is 0.360 e. The zero-order valence-corrected chi connectivity index (χ0v) is 14.9. The van der Waals surface area contributed by atoms with Gasteiger partial charge in [0.25, 0.3) is 0 Å². The Bertz CT molecular complexity index is 879. The Balaban J connectivity index is 1.96. The van der Waals surface area contributed by atoms with Crippen molar-refractivity contribution in [1.82, 2.24) is 18.9 Å². The van der Waals surface area contributed by atoms with Gasteiger partial charge in [-0.15, -0.1) is 0 Å². The minimum absolute atomic E-state index is 0.300. The van der Waals surface area contributed by atoms with Crippen LogP contribution in [-0.2, 0) is 16.1 Å². The fourth-order valence-corrected chi connectivity index (χ4v) is 3.13. The molecular formula is C17H22N4O5. The third kappa shape index (κ3) is 3.62. The van der Waals surface area contributed by atoms with E-state index in [-0.39, 0.29) is 5.69 Å². The summed E-state index contributed by atoms with van der Waals surface area (Å²) in [5, 5.41) is 0. The van der Waals surface area contributed by atoms with Crippen LogP contribution in [0.15, 0.2) is 17.2 Å². The molecule has 0 aromatic carbocycles. The van der Waals surface area contributed by atoms with Crippen LogP contribution < -0.4 is 10.3 Å². The summed E-state index contributed by atoms with van der Waals surface area (Å²) in [4.78, 5) is 42.5. The number of nitrogens with zero attached hydrogens (tertiary/aromatic N) is 4. The molecule has 0 bridgehead atoms. The lowest BCUT2D eigenvalue weighted by Gasteiger charge is -2.26. The molecule has 140 valence electrons. The van der Waals surface area contributed by atoms with E-state index in [4.69, 9.17) is 4.74 Å². The molecule has 0 spiro atoms. The van der Waals surface area contributed by atoms with Gasteiger partial charge in [-0.2, -0.15) is 0 Å². The van der Waals surface area contributed by atoms with E-state index in [1.165, 1.54) is 30.8 Å². The molecule has 0 amide bonds. The van der Waals surface area contributed by atoms with Crippen LogP contribution >= 0.6 is 0 Å². The molecule has 0 atom stereocenters. The van der Waals surface area contributed by atoms with Crippen molar-refractivity contribution in [2.45, 2.75) is 32.7 Å². The van der Waals surface area contributed by atoms with Gasteiger partial charge in [-0.1, -0.05) is 6.42 Å². The molecule has 1 aliphatic heterocycles. The Labute approximate surface area is 150 Å². The molecule has 1 aliphatic rings. The molecule has 2 aromatic rings. The highest BCUT2D eigenvalue weighted by Gasteiger charge is 2.24. The maximum absolute atomic E-state index is 12.6. The summed E-state index contributed by atoms with van der Waals surface area (Å²) in [6.45, 7) is 4.75. The first kappa shape index (κ1) is 18.1. The molecule has 0 unspecified atom stereocenters. The second kappa shape index (κ2) is 7.69. The first-order chi connectivity index (χ1) is 12.5. The Kier molecular flexibility index (Phi) is 5.36. The predicted molar refractivity (Wildman–Crippen MR) is 92.4 cm³/mol. The topological polar surface area (TPSA) is 95.1 Å². The number of ether oxygens (including phenoxy) is 2. The molecule has 3 heterocycles. The lowest BCUT2D eigenvalue weighted by atomic mass is 10.1.